The summed E-state index contributed by atoms with van der Waals surface area (Å²) in [4.78, 5) is 14.8. The molecule has 0 bridgehead atoms. The molecule has 156 valence electrons. The number of hydrogen-bond donors (Lipinski definition) is 0. The molecule has 0 amide bonds. The van der Waals surface area contributed by atoms with E-state index in [9.17, 15) is 4.39 Å². The molecule has 33 heavy (non-hydrogen) atoms. The number of rotatable bonds is 2. The van der Waals surface area contributed by atoms with Crippen LogP contribution in [0.3, 0.4) is 0 Å². The maximum Gasteiger partial charge on any atom is 0.168 e. The number of hydrogen-bond acceptors (Lipinski definition) is 3. The number of para-hydroxylation sites is 2. The van der Waals surface area contributed by atoms with Crippen molar-refractivity contribution in [2.24, 2.45) is 0 Å². The van der Waals surface area contributed by atoms with Gasteiger partial charge >= 0.3 is 0 Å². The summed E-state index contributed by atoms with van der Waals surface area (Å²) in [6.45, 7) is 0. The lowest BCUT2D eigenvalue weighted by atomic mass is 10.2. The van der Waals surface area contributed by atoms with E-state index in [0.717, 1.165) is 38.8 Å². The van der Waals surface area contributed by atoms with Crippen molar-refractivity contribution >= 4 is 44.3 Å². The second kappa shape index (κ2) is 6.71. The van der Waals surface area contributed by atoms with E-state index in [1.165, 1.54) is 12.1 Å². The molecule has 0 saturated carbocycles. The highest BCUT2D eigenvalue weighted by Crippen LogP contribution is 2.34. The molecule has 7 aromatic rings. The van der Waals surface area contributed by atoms with Crippen molar-refractivity contribution in [3.05, 3.63) is 103 Å². The molecule has 0 aliphatic carbocycles. The molecule has 3 aromatic carbocycles. The third-order valence-corrected chi connectivity index (χ3v) is 6.02. The lowest BCUT2D eigenvalue weighted by Crippen LogP contribution is -1.99. The number of benzene rings is 3. The van der Waals surface area contributed by atoms with E-state index in [1.807, 2.05) is 53.1 Å². The molecule has 5 nitrogen and oxygen atoms in total. The molecule has 0 radical (unpaired) electrons. The molecule has 0 N–H and O–H groups in total. The first-order chi connectivity index (χ1) is 16.3. The minimum absolute atomic E-state index is 0.307. The highest BCUT2D eigenvalue weighted by Gasteiger charge is 2.21. The van der Waals surface area contributed by atoms with Crippen LogP contribution >= 0.6 is 0 Å². The molecule has 0 aliphatic heterocycles. The fourth-order valence-corrected chi connectivity index (χ4v) is 4.64. The van der Waals surface area contributed by atoms with Gasteiger partial charge in [-0.3, -0.25) is 14.1 Å². The third-order valence-electron chi connectivity index (χ3n) is 6.02. The fraction of sp³-hybridized carbons (Fsp3) is 0. The summed E-state index contributed by atoms with van der Waals surface area (Å²) in [5, 5.41) is 1.02. The van der Waals surface area contributed by atoms with E-state index in [2.05, 4.69) is 33.8 Å². The molecule has 4 aromatic heterocycles. The summed E-state index contributed by atoms with van der Waals surface area (Å²) in [7, 11) is 0. The normalized spacial score (nSPS) is 11.8. The molecule has 0 atom stereocenters. The summed E-state index contributed by atoms with van der Waals surface area (Å²) in [5.74, 6) is -0.307. The first-order valence-corrected chi connectivity index (χ1v) is 10.7. The van der Waals surface area contributed by atoms with Crippen LogP contribution in [-0.2, 0) is 0 Å². The predicted molar refractivity (Wildman–Crippen MR) is 128 cm³/mol. The van der Waals surface area contributed by atoms with Crippen LogP contribution in [0.5, 0.6) is 0 Å². The molecule has 7 rings (SSSR count). The number of aromatic nitrogens is 5. The standard InChI is InChI=1S/C27H16FN5/c28-17-8-6-11-19(16-17)33-22-14-7-15-29-24(22)25-27(33)31-26-23(30-25)20-12-4-5-13-21(20)32(26)18-9-2-1-3-10-18/h1-16H. The molecule has 0 fully saturated rings. The lowest BCUT2D eigenvalue weighted by Gasteiger charge is -2.08. The Kier molecular flexibility index (Phi) is 3.67. The third kappa shape index (κ3) is 2.55. The van der Waals surface area contributed by atoms with Crippen LogP contribution in [0.25, 0.3) is 55.6 Å². The van der Waals surface area contributed by atoms with E-state index >= 15 is 0 Å². The summed E-state index contributed by atoms with van der Waals surface area (Å²) >= 11 is 0. The lowest BCUT2D eigenvalue weighted by molar-refractivity contribution is 0.627. The summed E-state index contributed by atoms with van der Waals surface area (Å²) < 4.78 is 18.2. The van der Waals surface area contributed by atoms with Crippen LogP contribution in [0.15, 0.2) is 97.2 Å². The highest BCUT2D eigenvalue weighted by molar-refractivity contribution is 6.11. The molecule has 0 unspecified atom stereocenters. The Morgan fingerprint density at radius 3 is 2.18 bits per heavy atom. The maximum absolute atomic E-state index is 14.2. The van der Waals surface area contributed by atoms with Crippen LogP contribution in [0.4, 0.5) is 4.39 Å². The Labute approximate surface area is 187 Å². The van der Waals surface area contributed by atoms with Crippen molar-refractivity contribution in [3.8, 4) is 11.4 Å². The maximum atomic E-state index is 14.2. The van der Waals surface area contributed by atoms with Gasteiger partial charge < -0.3 is 0 Å². The van der Waals surface area contributed by atoms with Crippen molar-refractivity contribution in [2.45, 2.75) is 0 Å². The number of nitrogens with zero attached hydrogens (tertiary/aromatic N) is 5. The number of pyridine rings is 1. The van der Waals surface area contributed by atoms with Gasteiger partial charge in [-0.1, -0.05) is 42.5 Å². The molecule has 0 saturated heterocycles. The van der Waals surface area contributed by atoms with Gasteiger partial charge in [0.2, 0.25) is 0 Å². The zero-order chi connectivity index (χ0) is 21.9. The minimum Gasteiger partial charge on any atom is -0.292 e. The summed E-state index contributed by atoms with van der Waals surface area (Å²) in [5.41, 5.74) is 7.18. The largest absolute Gasteiger partial charge is 0.292 e. The summed E-state index contributed by atoms with van der Waals surface area (Å²) in [6.07, 6.45) is 1.75. The van der Waals surface area contributed by atoms with Gasteiger partial charge in [-0.2, -0.15) is 0 Å². The molecule has 0 spiro atoms. The topological polar surface area (TPSA) is 48.5 Å². The first-order valence-electron chi connectivity index (χ1n) is 10.7. The van der Waals surface area contributed by atoms with Gasteiger partial charge in [0.25, 0.3) is 0 Å². The first kappa shape index (κ1) is 18.0. The van der Waals surface area contributed by atoms with Crippen molar-refractivity contribution in [2.75, 3.05) is 0 Å². The number of fused-ring (bicyclic) bond motifs is 6. The van der Waals surface area contributed by atoms with E-state index in [1.54, 1.807) is 12.3 Å². The quantitative estimate of drug-likeness (QED) is 0.329. The van der Waals surface area contributed by atoms with Gasteiger partial charge in [-0.15, -0.1) is 0 Å². The second-order valence-electron chi connectivity index (χ2n) is 7.94. The zero-order valence-electron chi connectivity index (χ0n) is 17.4. The average molecular weight is 429 g/mol. The van der Waals surface area contributed by atoms with Crippen molar-refractivity contribution in [1.29, 1.82) is 0 Å². The zero-order valence-corrected chi connectivity index (χ0v) is 17.4. The Morgan fingerprint density at radius 1 is 0.576 bits per heavy atom. The van der Waals surface area contributed by atoms with Crippen molar-refractivity contribution in [1.82, 2.24) is 24.1 Å². The van der Waals surface area contributed by atoms with Gasteiger partial charge in [0.15, 0.2) is 11.3 Å². The molecular formula is C27H16FN5. The van der Waals surface area contributed by atoms with E-state index < -0.39 is 0 Å². The average Bonchev–Trinajstić information content (AvgIpc) is 3.35. The Bertz CT molecular complexity index is 1830. The Balaban J connectivity index is 1.70. The predicted octanol–water partition coefficient (Wildman–Crippen LogP) is 6.20. The highest BCUT2D eigenvalue weighted by atomic mass is 19.1. The summed E-state index contributed by atoms with van der Waals surface area (Å²) in [6, 6.07) is 28.6. The minimum atomic E-state index is -0.307. The smallest absolute Gasteiger partial charge is 0.168 e. The molecule has 0 aliphatic rings. The fourth-order valence-electron chi connectivity index (χ4n) is 4.64. The second-order valence-corrected chi connectivity index (χ2v) is 7.94. The van der Waals surface area contributed by atoms with Gasteiger partial charge in [0.1, 0.15) is 22.4 Å². The van der Waals surface area contributed by atoms with Crippen LogP contribution in [0.2, 0.25) is 0 Å². The van der Waals surface area contributed by atoms with Crippen LogP contribution in [0.1, 0.15) is 0 Å². The van der Waals surface area contributed by atoms with E-state index in [4.69, 9.17) is 9.97 Å². The van der Waals surface area contributed by atoms with E-state index in [0.29, 0.717) is 16.9 Å². The Hall–Kier alpha value is -4.58. The SMILES string of the molecule is Fc1cccc(-n2c3cccnc3c3nc4c5ccccc5n(-c5ccccc5)c4nc32)c1. The van der Waals surface area contributed by atoms with Crippen LogP contribution in [-0.4, -0.2) is 24.1 Å². The van der Waals surface area contributed by atoms with Crippen LogP contribution in [0, 0.1) is 5.82 Å². The van der Waals surface area contributed by atoms with Crippen molar-refractivity contribution in [3.63, 3.8) is 0 Å². The number of halogens is 1. The van der Waals surface area contributed by atoms with Gasteiger partial charge in [-0.05, 0) is 48.5 Å². The Morgan fingerprint density at radius 2 is 1.30 bits per heavy atom. The van der Waals surface area contributed by atoms with E-state index in [-0.39, 0.29) is 5.82 Å². The van der Waals surface area contributed by atoms with Gasteiger partial charge in [0, 0.05) is 17.3 Å². The van der Waals surface area contributed by atoms with Crippen LogP contribution < -0.4 is 0 Å². The van der Waals surface area contributed by atoms with Gasteiger partial charge in [0.05, 0.1) is 16.7 Å². The van der Waals surface area contributed by atoms with Crippen molar-refractivity contribution < 1.29 is 4.39 Å². The monoisotopic (exact) mass is 429 g/mol. The van der Waals surface area contributed by atoms with Gasteiger partial charge in [-0.25, -0.2) is 14.4 Å². The molecule has 6 heteroatoms. The molecular weight excluding hydrogens is 413 g/mol. The molecule has 4 heterocycles.